The summed E-state index contributed by atoms with van der Waals surface area (Å²) >= 11 is 0. The lowest BCUT2D eigenvalue weighted by atomic mass is 10.1. The number of nitrogens with zero attached hydrogens (tertiary/aromatic N) is 4. The molecule has 1 amide bonds. The van der Waals surface area contributed by atoms with Gasteiger partial charge >= 0.3 is 0 Å². The molecule has 1 N–H and O–H groups in total. The zero-order chi connectivity index (χ0) is 16.4. The zero-order valence-electron chi connectivity index (χ0n) is 13.5. The van der Waals surface area contributed by atoms with Crippen LogP contribution in [0.15, 0.2) is 17.1 Å². The van der Waals surface area contributed by atoms with Crippen molar-refractivity contribution in [2.24, 2.45) is 7.05 Å². The Balaban J connectivity index is 2.09. The Morgan fingerprint density at radius 2 is 1.95 bits per heavy atom. The third kappa shape index (κ3) is 3.41. The molecular weight excluding hydrogens is 282 g/mol. The van der Waals surface area contributed by atoms with Crippen LogP contribution < -0.4 is 10.9 Å². The predicted octanol–water partition coefficient (Wildman–Crippen LogP) is 0.779. The highest BCUT2D eigenvalue weighted by molar-refractivity contribution is 5.76. The Morgan fingerprint density at radius 3 is 2.55 bits per heavy atom. The minimum Gasteiger partial charge on any atom is -0.348 e. The largest absolute Gasteiger partial charge is 0.348 e. The number of aromatic nitrogens is 4. The summed E-state index contributed by atoms with van der Waals surface area (Å²) in [5, 5.41) is 11.3. The molecule has 7 heteroatoms. The van der Waals surface area contributed by atoms with Gasteiger partial charge in [0, 0.05) is 24.9 Å². The van der Waals surface area contributed by atoms with Gasteiger partial charge in [0.1, 0.15) is 6.54 Å². The Morgan fingerprint density at radius 1 is 1.27 bits per heavy atom. The van der Waals surface area contributed by atoms with E-state index in [9.17, 15) is 9.59 Å². The Kier molecular flexibility index (Phi) is 4.44. The third-order valence-electron chi connectivity index (χ3n) is 3.62. The SMILES string of the molecule is Cc1cc(=O)n(CC(=O)N[C@H](C)c2cn(C)nc2C)nc1C. The first kappa shape index (κ1) is 15.9. The molecule has 2 rings (SSSR count). The molecule has 22 heavy (non-hydrogen) atoms. The van der Waals surface area contributed by atoms with E-state index < -0.39 is 0 Å². The van der Waals surface area contributed by atoms with Crippen LogP contribution in [0.3, 0.4) is 0 Å². The van der Waals surface area contributed by atoms with Crippen LogP contribution in [0.5, 0.6) is 0 Å². The van der Waals surface area contributed by atoms with Crippen molar-refractivity contribution in [3.63, 3.8) is 0 Å². The van der Waals surface area contributed by atoms with E-state index in [1.54, 1.807) is 4.68 Å². The summed E-state index contributed by atoms with van der Waals surface area (Å²) in [4.78, 5) is 24.0. The van der Waals surface area contributed by atoms with E-state index >= 15 is 0 Å². The summed E-state index contributed by atoms with van der Waals surface area (Å²) in [7, 11) is 1.84. The molecule has 2 aromatic rings. The van der Waals surface area contributed by atoms with Gasteiger partial charge < -0.3 is 5.32 Å². The summed E-state index contributed by atoms with van der Waals surface area (Å²) in [5.74, 6) is -0.256. The quantitative estimate of drug-likeness (QED) is 0.905. The fraction of sp³-hybridized carbons (Fsp3) is 0.467. The number of carbonyl (C=O) groups is 1. The van der Waals surface area contributed by atoms with Gasteiger partial charge in [0.15, 0.2) is 0 Å². The summed E-state index contributed by atoms with van der Waals surface area (Å²) in [6, 6.07) is 1.31. The van der Waals surface area contributed by atoms with Crippen LogP contribution in [0, 0.1) is 20.8 Å². The lowest BCUT2D eigenvalue weighted by Gasteiger charge is -2.14. The van der Waals surface area contributed by atoms with Crippen LogP contribution in [0.1, 0.15) is 35.5 Å². The van der Waals surface area contributed by atoms with E-state index in [0.29, 0.717) is 0 Å². The Bertz CT molecular complexity index is 760. The molecular formula is C15H21N5O2. The summed E-state index contributed by atoms with van der Waals surface area (Å²) in [6.07, 6.45) is 1.88. The molecule has 2 heterocycles. The molecule has 0 saturated carbocycles. The van der Waals surface area contributed by atoms with Gasteiger partial charge in [0.2, 0.25) is 5.91 Å². The number of hydrogen-bond donors (Lipinski definition) is 1. The highest BCUT2D eigenvalue weighted by Gasteiger charge is 2.15. The van der Waals surface area contributed by atoms with Crippen molar-refractivity contribution in [3.8, 4) is 0 Å². The summed E-state index contributed by atoms with van der Waals surface area (Å²) < 4.78 is 2.89. The molecule has 2 aromatic heterocycles. The van der Waals surface area contributed by atoms with Crippen molar-refractivity contribution in [1.82, 2.24) is 24.9 Å². The molecule has 0 aliphatic heterocycles. The molecule has 7 nitrogen and oxygen atoms in total. The molecule has 118 valence electrons. The maximum Gasteiger partial charge on any atom is 0.267 e. The highest BCUT2D eigenvalue weighted by Crippen LogP contribution is 2.15. The standard InChI is InChI=1S/C15H21N5O2/c1-9-6-15(22)20(18-10(9)2)8-14(21)16-11(3)13-7-19(5)17-12(13)4/h6-7,11H,8H2,1-5H3,(H,16,21)/t11-/m1/s1. The molecule has 0 spiro atoms. The van der Waals surface area contributed by atoms with Gasteiger partial charge in [-0.25, -0.2) is 4.68 Å². The van der Waals surface area contributed by atoms with E-state index in [2.05, 4.69) is 15.5 Å². The number of aryl methyl sites for hydroxylation is 4. The maximum atomic E-state index is 12.1. The first-order chi connectivity index (χ1) is 10.3. The van der Waals surface area contributed by atoms with E-state index in [4.69, 9.17) is 0 Å². The topological polar surface area (TPSA) is 81.8 Å². The number of rotatable bonds is 4. The van der Waals surface area contributed by atoms with Crippen molar-refractivity contribution >= 4 is 5.91 Å². The van der Waals surface area contributed by atoms with Crippen molar-refractivity contribution in [3.05, 3.63) is 45.1 Å². The van der Waals surface area contributed by atoms with Crippen LogP contribution in [-0.4, -0.2) is 25.5 Å². The average Bonchev–Trinajstić information content (AvgIpc) is 2.75. The smallest absolute Gasteiger partial charge is 0.267 e. The molecule has 1 atom stereocenters. The molecule has 0 unspecified atom stereocenters. The van der Waals surface area contributed by atoms with Gasteiger partial charge in [0.05, 0.1) is 17.4 Å². The van der Waals surface area contributed by atoms with Crippen molar-refractivity contribution in [2.75, 3.05) is 0 Å². The summed E-state index contributed by atoms with van der Waals surface area (Å²) in [5.41, 5.74) is 3.11. The Labute approximate surface area is 129 Å². The Hall–Kier alpha value is -2.44. The highest BCUT2D eigenvalue weighted by atomic mass is 16.2. The van der Waals surface area contributed by atoms with Crippen LogP contribution in [0.2, 0.25) is 0 Å². The van der Waals surface area contributed by atoms with Gasteiger partial charge in [-0.3, -0.25) is 14.3 Å². The first-order valence-electron chi connectivity index (χ1n) is 7.12. The van der Waals surface area contributed by atoms with E-state index in [1.807, 2.05) is 40.9 Å². The fourth-order valence-corrected chi connectivity index (χ4v) is 2.33. The molecule has 0 aliphatic rings. The average molecular weight is 303 g/mol. The van der Waals surface area contributed by atoms with Crippen LogP contribution in [0.4, 0.5) is 0 Å². The van der Waals surface area contributed by atoms with Gasteiger partial charge in [-0.1, -0.05) is 0 Å². The fourth-order valence-electron chi connectivity index (χ4n) is 2.33. The van der Waals surface area contributed by atoms with E-state index in [0.717, 1.165) is 22.5 Å². The predicted molar refractivity (Wildman–Crippen MR) is 82.5 cm³/mol. The number of nitrogens with one attached hydrogen (secondary N) is 1. The number of amides is 1. The van der Waals surface area contributed by atoms with Crippen LogP contribution >= 0.6 is 0 Å². The van der Waals surface area contributed by atoms with E-state index in [-0.39, 0.29) is 24.1 Å². The normalized spacial score (nSPS) is 12.2. The van der Waals surface area contributed by atoms with Crippen molar-refractivity contribution in [1.29, 1.82) is 0 Å². The zero-order valence-corrected chi connectivity index (χ0v) is 13.5. The minimum absolute atomic E-state index is 0.0936. The number of carbonyl (C=O) groups excluding carboxylic acids is 1. The first-order valence-corrected chi connectivity index (χ1v) is 7.12. The second-order valence-electron chi connectivity index (χ2n) is 5.54. The second kappa shape index (κ2) is 6.13. The van der Waals surface area contributed by atoms with Crippen molar-refractivity contribution in [2.45, 2.75) is 40.3 Å². The summed E-state index contributed by atoms with van der Waals surface area (Å²) in [6.45, 7) is 7.32. The molecule has 0 fully saturated rings. The van der Waals surface area contributed by atoms with Gasteiger partial charge in [-0.05, 0) is 33.3 Å². The molecule has 0 saturated heterocycles. The molecule has 0 radical (unpaired) electrons. The molecule has 0 aliphatic carbocycles. The van der Waals surface area contributed by atoms with Gasteiger partial charge in [-0.15, -0.1) is 0 Å². The molecule has 0 aromatic carbocycles. The van der Waals surface area contributed by atoms with Crippen LogP contribution in [0.25, 0.3) is 0 Å². The van der Waals surface area contributed by atoms with Crippen LogP contribution in [-0.2, 0) is 18.4 Å². The third-order valence-corrected chi connectivity index (χ3v) is 3.62. The maximum absolute atomic E-state index is 12.1. The van der Waals surface area contributed by atoms with Crippen molar-refractivity contribution < 1.29 is 4.79 Å². The van der Waals surface area contributed by atoms with Gasteiger partial charge in [-0.2, -0.15) is 10.2 Å². The lowest BCUT2D eigenvalue weighted by Crippen LogP contribution is -2.35. The second-order valence-corrected chi connectivity index (χ2v) is 5.54. The lowest BCUT2D eigenvalue weighted by molar-refractivity contribution is -0.122. The van der Waals surface area contributed by atoms with E-state index in [1.165, 1.54) is 10.7 Å². The minimum atomic E-state index is -0.275. The number of hydrogen-bond acceptors (Lipinski definition) is 4. The monoisotopic (exact) mass is 303 g/mol. The molecule has 0 bridgehead atoms. The van der Waals surface area contributed by atoms with Gasteiger partial charge in [0.25, 0.3) is 5.56 Å².